The number of ether oxygens (including phenoxy) is 2. The predicted octanol–water partition coefficient (Wildman–Crippen LogP) is 2.03. The van der Waals surface area contributed by atoms with Crippen LogP contribution < -0.4 is 14.8 Å². The molecule has 1 N–H and O–H groups in total. The molecule has 0 atom stereocenters. The highest BCUT2D eigenvalue weighted by molar-refractivity contribution is 5.83. The van der Waals surface area contributed by atoms with Crippen molar-refractivity contribution in [2.24, 2.45) is 4.99 Å². The topological polar surface area (TPSA) is 42.8 Å². The first kappa shape index (κ1) is 12.7. The number of rotatable bonds is 5. The van der Waals surface area contributed by atoms with E-state index in [4.69, 9.17) is 9.47 Å². The Morgan fingerprint density at radius 2 is 2.06 bits per heavy atom. The minimum Gasteiger partial charge on any atom is -0.493 e. The summed E-state index contributed by atoms with van der Waals surface area (Å²) in [6.07, 6.45) is 3.23. The summed E-state index contributed by atoms with van der Waals surface area (Å²) in [5, 5.41) is 3.37. The molecule has 0 radical (unpaired) electrons. The zero-order chi connectivity index (χ0) is 12.8. The molecule has 0 amide bonds. The molecule has 1 aromatic rings. The van der Waals surface area contributed by atoms with Crippen molar-refractivity contribution < 1.29 is 9.47 Å². The van der Waals surface area contributed by atoms with Crippen molar-refractivity contribution in [3.8, 4) is 11.5 Å². The van der Waals surface area contributed by atoms with Gasteiger partial charge in [-0.2, -0.15) is 0 Å². The maximum absolute atomic E-state index is 5.29. The second-order valence-corrected chi connectivity index (χ2v) is 4.30. The molecule has 0 spiro atoms. The Labute approximate surface area is 108 Å². The van der Waals surface area contributed by atoms with Gasteiger partial charge in [0.1, 0.15) is 0 Å². The van der Waals surface area contributed by atoms with Crippen molar-refractivity contribution in [2.75, 3.05) is 27.3 Å². The third kappa shape index (κ3) is 3.15. The van der Waals surface area contributed by atoms with Crippen LogP contribution in [-0.4, -0.2) is 33.1 Å². The summed E-state index contributed by atoms with van der Waals surface area (Å²) in [6, 6.07) is 6.04. The van der Waals surface area contributed by atoms with Gasteiger partial charge in [-0.25, -0.2) is 0 Å². The molecule has 0 saturated carbocycles. The summed E-state index contributed by atoms with van der Waals surface area (Å²) in [5.74, 6) is 2.71. The number of nitrogens with one attached hydrogen (secondary N) is 1. The molecule has 1 heterocycles. The van der Waals surface area contributed by atoms with Gasteiger partial charge in [-0.05, 0) is 30.5 Å². The van der Waals surface area contributed by atoms with Crippen molar-refractivity contribution in [3.05, 3.63) is 23.8 Å². The Morgan fingerprint density at radius 3 is 2.72 bits per heavy atom. The van der Waals surface area contributed by atoms with Crippen LogP contribution in [0.5, 0.6) is 11.5 Å². The number of hydrogen-bond donors (Lipinski definition) is 1. The SMILES string of the molecule is COc1ccc(CCNC2=NCCC2)cc1OC. The fourth-order valence-corrected chi connectivity index (χ4v) is 2.07. The fraction of sp³-hybridized carbons (Fsp3) is 0.500. The van der Waals surface area contributed by atoms with E-state index in [9.17, 15) is 0 Å². The number of aliphatic imine (C=N–C) groups is 1. The van der Waals surface area contributed by atoms with Gasteiger partial charge >= 0.3 is 0 Å². The monoisotopic (exact) mass is 248 g/mol. The van der Waals surface area contributed by atoms with Gasteiger partial charge in [-0.1, -0.05) is 6.07 Å². The van der Waals surface area contributed by atoms with E-state index in [0.29, 0.717) is 0 Å². The highest BCUT2D eigenvalue weighted by atomic mass is 16.5. The quantitative estimate of drug-likeness (QED) is 0.867. The smallest absolute Gasteiger partial charge is 0.160 e. The van der Waals surface area contributed by atoms with Crippen LogP contribution in [0.15, 0.2) is 23.2 Å². The van der Waals surface area contributed by atoms with Gasteiger partial charge in [-0.3, -0.25) is 4.99 Å². The van der Waals surface area contributed by atoms with Gasteiger partial charge < -0.3 is 14.8 Å². The third-order valence-corrected chi connectivity index (χ3v) is 3.07. The van der Waals surface area contributed by atoms with E-state index < -0.39 is 0 Å². The van der Waals surface area contributed by atoms with E-state index in [-0.39, 0.29) is 0 Å². The lowest BCUT2D eigenvalue weighted by molar-refractivity contribution is 0.354. The molecule has 0 saturated heterocycles. The molecule has 1 aromatic carbocycles. The molecule has 0 unspecified atom stereocenters. The van der Waals surface area contributed by atoms with E-state index in [1.165, 1.54) is 12.0 Å². The van der Waals surface area contributed by atoms with Crippen LogP contribution in [0.25, 0.3) is 0 Å². The standard InChI is InChI=1S/C14H20N2O2/c1-17-12-6-5-11(10-13(12)18-2)7-9-16-14-4-3-8-15-14/h5-6,10H,3-4,7-9H2,1-2H3,(H,15,16). The summed E-state index contributed by atoms with van der Waals surface area (Å²) < 4.78 is 10.5. The minimum atomic E-state index is 0.773. The van der Waals surface area contributed by atoms with Crippen LogP contribution in [0.4, 0.5) is 0 Å². The lowest BCUT2D eigenvalue weighted by Crippen LogP contribution is -2.23. The molecule has 98 valence electrons. The van der Waals surface area contributed by atoms with E-state index in [0.717, 1.165) is 43.3 Å². The van der Waals surface area contributed by atoms with Crippen LogP contribution >= 0.6 is 0 Å². The van der Waals surface area contributed by atoms with E-state index in [2.05, 4.69) is 16.4 Å². The van der Waals surface area contributed by atoms with Crippen molar-refractivity contribution in [1.29, 1.82) is 0 Å². The fourth-order valence-electron chi connectivity index (χ4n) is 2.07. The molecular formula is C14H20N2O2. The molecular weight excluding hydrogens is 228 g/mol. The molecule has 1 aliphatic rings. The molecule has 0 bridgehead atoms. The Hall–Kier alpha value is -1.71. The summed E-state index contributed by atoms with van der Waals surface area (Å²) in [5.41, 5.74) is 1.23. The first-order valence-corrected chi connectivity index (χ1v) is 6.31. The lowest BCUT2D eigenvalue weighted by atomic mass is 10.1. The molecule has 2 rings (SSSR count). The van der Waals surface area contributed by atoms with Crippen molar-refractivity contribution in [1.82, 2.24) is 5.32 Å². The highest BCUT2D eigenvalue weighted by Gasteiger charge is 2.06. The second-order valence-electron chi connectivity index (χ2n) is 4.30. The molecule has 4 nitrogen and oxygen atoms in total. The number of amidine groups is 1. The Kier molecular flexibility index (Phi) is 4.45. The molecule has 0 aliphatic carbocycles. The van der Waals surface area contributed by atoms with Crippen LogP contribution in [0.3, 0.4) is 0 Å². The van der Waals surface area contributed by atoms with Crippen molar-refractivity contribution in [3.63, 3.8) is 0 Å². The molecule has 18 heavy (non-hydrogen) atoms. The van der Waals surface area contributed by atoms with Gasteiger partial charge in [0.25, 0.3) is 0 Å². The highest BCUT2D eigenvalue weighted by Crippen LogP contribution is 2.27. The Balaban J connectivity index is 1.88. The largest absolute Gasteiger partial charge is 0.493 e. The predicted molar refractivity (Wildman–Crippen MR) is 72.8 cm³/mol. The number of nitrogens with zero attached hydrogens (tertiary/aromatic N) is 1. The summed E-state index contributed by atoms with van der Waals surface area (Å²) >= 11 is 0. The second kappa shape index (κ2) is 6.28. The maximum atomic E-state index is 5.29. The molecule has 1 aliphatic heterocycles. The minimum absolute atomic E-state index is 0.773. The van der Waals surface area contributed by atoms with Crippen LogP contribution in [-0.2, 0) is 6.42 Å². The van der Waals surface area contributed by atoms with Crippen molar-refractivity contribution in [2.45, 2.75) is 19.3 Å². The third-order valence-electron chi connectivity index (χ3n) is 3.07. The van der Waals surface area contributed by atoms with Gasteiger partial charge in [0.15, 0.2) is 11.5 Å². The Morgan fingerprint density at radius 1 is 1.22 bits per heavy atom. The average Bonchev–Trinajstić information content (AvgIpc) is 2.91. The van der Waals surface area contributed by atoms with E-state index in [1.54, 1.807) is 14.2 Å². The van der Waals surface area contributed by atoms with Crippen LogP contribution in [0.2, 0.25) is 0 Å². The molecule has 4 heteroatoms. The first-order chi connectivity index (χ1) is 8.83. The maximum Gasteiger partial charge on any atom is 0.160 e. The normalized spacial score (nSPS) is 14.2. The number of hydrogen-bond acceptors (Lipinski definition) is 4. The zero-order valence-electron chi connectivity index (χ0n) is 11.0. The van der Waals surface area contributed by atoms with Crippen molar-refractivity contribution >= 4 is 5.84 Å². The van der Waals surface area contributed by atoms with Crippen LogP contribution in [0, 0.1) is 0 Å². The van der Waals surface area contributed by atoms with Gasteiger partial charge in [0, 0.05) is 19.5 Å². The number of benzene rings is 1. The zero-order valence-corrected chi connectivity index (χ0v) is 11.0. The molecule has 0 fully saturated rings. The number of methoxy groups -OCH3 is 2. The average molecular weight is 248 g/mol. The Bertz CT molecular complexity index is 430. The summed E-state index contributed by atoms with van der Waals surface area (Å²) in [7, 11) is 3.31. The van der Waals surface area contributed by atoms with E-state index >= 15 is 0 Å². The summed E-state index contributed by atoms with van der Waals surface area (Å²) in [4.78, 5) is 4.39. The van der Waals surface area contributed by atoms with Gasteiger partial charge in [0.2, 0.25) is 0 Å². The first-order valence-electron chi connectivity index (χ1n) is 6.31. The van der Waals surface area contributed by atoms with Gasteiger partial charge in [0.05, 0.1) is 20.1 Å². The van der Waals surface area contributed by atoms with Gasteiger partial charge in [-0.15, -0.1) is 0 Å². The molecule has 0 aromatic heterocycles. The summed E-state index contributed by atoms with van der Waals surface area (Å²) in [6.45, 7) is 1.88. The van der Waals surface area contributed by atoms with E-state index in [1.807, 2.05) is 12.1 Å². The van der Waals surface area contributed by atoms with Crippen LogP contribution in [0.1, 0.15) is 18.4 Å². The lowest BCUT2D eigenvalue weighted by Gasteiger charge is -2.10.